The van der Waals surface area contributed by atoms with Gasteiger partial charge < -0.3 is 5.32 Å². The number of anilines is 1. The molecule has 1 aromatic rings. The van der Waals surface area contributed by atoms with Gasteiger partial charge in [-0.15, -0.1) is 0 Å². The number of hydrogen-bond donors (Lipinski definition) is 1. The van der Waals surface area contributed by atoms with Crippen LogP contribution in [0.3, 0.4) is 0 Å². The van der Waals surface area contributed by atoms with E-state index < -0.39 is 9.84 Å². The van der Waals surface area contributed by atoms with Crippen molar-refractivity contribution in [3.8, 4) is 6.07 Å². The number of rotatable bonds is 5. The summed E-state index contributed by atoms with van der Waals surface area (Å²) in [6.45, 7) is 0.564. The summed E-state index contributed by atoms with van der Waals surface area (Å²) in [7, 11) is -2.90. The number of nitrogens with one attached hydrogen (secondary N) is 1. The van der Waals surface area contributed by atoms with E-state index in [0.29, 0.717) is 18.5 Å². The van der Waals surface area contributed by atoms with Crippen LogP contribution in [-0.4, -0.2) is 27.0 Å². The lowest BCUT2D eigenvalue weighted by Gasteiger charge is -2.06. The third-order valence-corrected chi connectivity index (χ3v) is 3.54. The maximum Gasteiger partial charge on any atom is 0.147 e. The van der Waals surface area contributed by atoms with Crippen LogP contribution in [0.1, 0.15) is 12.0 Å². The molecule has 1 aromatic carbocycles. The molecule has 0 radical (unpaired) electrons. The summed E-state index contributed by atoms with van der Waals surface area (Å²) in [6, 6.07) is 7.36. The Morgan fingerprint density at radius 1 is 1.41 bits per heavy atom. The standard InChI is InChI=1S/C11H13BrN2O2S/c1-17(15,16)4-2-3-14-11-6-9(8-13)5-10(12)7-11/h5-7,14H,2-4H2,1H3. The Morgan fingerprint density at radius 2 is 2.12 bits per heavy atom. The van der Waals surface area contributed by atoms with Crippen molar-refractivity contribution in [1.29, 1.82) is 5.26 Å². The maximum absolute atomic E-state index is 10.9. The molecular formula is C11H13BrN2O2S. The van der Waals surface area contributed by atoms with E-state index in [1.54, 1.807) is 12.1 Å². The smallest absolute Gasteiger partial charge is 0.147 e. The van der Waals surface area contributed by atoms with E-state index >= 15 is 0 Å². The molecule has 0 atom stereocenters. The Morgan fingerprint density at radius 3 is 2.71 bits per heavy atom. The van der Waals surface area contributed by atoms with Crippen LogP contribution in [0.15, 0.2) is 22.7 Å². The van der Waals surface area contributed by atoms with Crippen LogP contribution in [0.4, 0.5) is 5.69 Å². The quantitative estimate of drug-likeness (QED) is 0.845. The van der Waals surface area contributed by atoms with Crippen molar-refractivity contribution < 1.29 is 8.42 Å². The van der Waals surface area contributed by atoms with Gasteiger partial charge in [-0.05, 0) is 24.6 Å². The molecule has 0 bridgehead atoms. The van der Waals surface area contributed by atoms with Crippen molar-refractivity contribution in [3.63, 3.8) is 0 Å². The summed E-state index contributed by atoms with van der Waals surface area (Å²) >= 11 is 3.31. The van der Waals surface area contributed by atoms with Gasteiger partial charge in [0, 0.05) is 23.0 Å². The molecule has 92 valence electrons. The fourth-order valence-corrected chi connectivity index (χ4v) is 2.49. The van der Waals surface area contributed by atoms with E-state index in [-0.39, 0.29) is 5.75 Å². The van der Waals surface area contributed by atoms with Gasteiger partial charge in [0.25, 0.3) is 0 Å². The highest BCUT2D eigenvalue weighted by Gasteiger charge is 2.02. The highest BCUT2D eigenvalue weighted by Crippen LogP contribution is 2.19. The first-order valence-electron chi connectivity index (χ1n) is 5.03. The predicted molar refractivity (Wildman–Crippen MR) is 71.7 cm³/mol. The van der Waals surface area contributed by atoms with Crippen molar-refractivity contribution in [1.82, 2.24) is 0 Å². The van der Waals surface area contributed by atoms with E-state index in [1.165, 1.54) is 6.26 Å². The normalized spacial score (nSPS) is 10.9. The Bertz CT molecular complexity index is 535. The molecule has 0 heterocycles. The first-order valence-corrected chi connectivity index (χ1v) is 7.88. The molecule has 0 saturated carbocycles. The third-order valence-electron chi connectivity index (χ3n) is 2.05. The molecular weight excluding hydrogens is 304 g/mol. The minimum Gasteiger partial charge on any atom is -0.385 e. The second-order valence-corrected chi connectivity index (χ2v) is 6.93. The fraction of sp³-hybridized carbons (Fsp3) is 0.364. The molecule has 0 aliphatic carbocycles. The topological polar surface area (TPSA) is 70.0 Å². The van der Waals surface area contributed by atoms with Crippen LogP contribution < -0.4 is 5.32 Å². The van der Waals surface area contributed by atoms with E-state index in [4.69, 9.17) is 5.26 Å². The minimum atomic E-state index is -2.90. The number of nitriles is 1. The van der Waals surface area contributed by atoms with Crippen LogP contribution in [0.2, 0.25) is 0 Å². The van der Waals surface area contributed by atoms with E-state index in [1.807, 2.05) is 6.07 Å². The molecule has 0 spiro atoms. The van der Waals surface area contributed by atoms with Crippen LogP contribution in [-0.2, 0) is 9.84 Å². The second kappa shape index (κ2) is 6.03. The molecule has 0 aromatic heterocycles. The Labute approximate surface area is 110 Å². The van der Waals surface area contributed by atoms with Crippen molar-refractivity contribution >= 4 is 31.5 Å². The molecule has 0 fully saturated rings. The van der Waals surface area contributed by atoms with Crippen molar-refractivity contribution in [2.75, 3.05) is 23.9 Å². The summed E-state index contributed by atoms with van der Waals surface area (Å²) in [4.78, 5) is 0. The van der Waals surface area contributed by atoms with Crippen LogP contribution in [0.5, 0.6) is 0 Å². The zero-order chi connectivity index (χ0) is 12.9. The molecule has 0 unspecified atom stereocenters. The van der Waals surface area contributed by atoms with Crippen LogP contribution >= 0.6 is 15.9 Å². The molecule has 0 amide bonds. The predicted octanol–water partition coefficient (Wildman–Crippen LogP) is 2.17. The van der Waals surface area contributed by atoms with Gasteiger partial charge in [0.1, 0.15) is 9.84 Å². The van der Waals surface area contributed by atoms with Gasteiger partial charge in [0.15, 0.2) is 0 Å². The number of hydrogen-bond acceptors (Lipinski definition) is 4. The Hall–Kier alpha value is -1.06. The molecule has 1 N–H and O–H groups in total. The molecule has 17 heavy (non-hydrogen) atoms. The van der Waals surface area contributed by atoms with Gasteiger partial charge in [-0.2, -0.15) is 5.26 Å². The number of halogens is 1. The van der Waals surface area contributed by atoms with Gasteiger partial charge in [-0.25, -0.2) is 8.42 Å². The molecule has 6 heteroatoms. The lowest BCUT2D eigenvalue weighted by Crippen LogP contribution is -2.09. The average Bonchev–Trinajstić information content (AvgIpc) is 2.22. The van der Waals surface area contributed by atoms with Gasteiger partial charge in [-0.3, -0.25) is 0 Å². The third kappa shape index (κ3) is 5.71. The van der Waals surface area contributed by atoms with Gasteiger partial charge in [0.05, 0.1) is 17.4 Å². The van der Waals surface area contributed by atoms with Crippen molar-refractivity contribution in [3.05, 3.63) is 28.2 Å². The maximum atomic E-state index is 10.9. The minimum absolute atomic E-state index is 0.166. The molecule has 0 aliphatic heterocycles. The lowest BCUT2D eigenvalue weighted by molar-refractivity contribution is 0.600. The summed E-state index contributed by atoms with van der Waals surface area (Å²) < 4.78 is 22.7. The summed E-state index contributed by atoms with van der Waals surface area (Å²) in [5.74, 6) is 0.166. The molecule has 1 rings (SSSR count). The van der Waals surface area contributed by atoms with E-state index in [9.17, 15) is 8.42 Å². The Balaban J connectivity index is 2.53. The summed E-state index contributed by atoms with van der Waals surface area (Å²) in [5, 5.41) is 11.9. The van der Waals surface area contributed by atoms with Crippen LogP contribution in [0, 0.1) is 11.3 Å². The SMILES string of the molecule is CS(=O)(=O)CCCNc1cc(Br)cc(C#N)c1. The largest absolute Gasteiger partial charge is 0.385 e. The Kier molecular flexibility index (Phi) is 4.97. The fourth-order valence-electron chi connectivity index (χ4n) is 1.32. The number of sulfone groups is 1. The zero-order valence-electron chi connectivity index (χ0n) is 9.40. The molecule has 0 saturated heterocycles. The molecule has 0 aliphatic rings. The van der Waals surface area contributed by atoms with Gasteiger partial charge in [0.2, 0.25) is 0 Å². The average molecular weight is 317 g/mol. The first-order chi connectivity index (χ1) is 7.90. The van der Waals surface area contributed by atoms with Crippen LogP contribution in [0.25, 0.3) is 0 Å². The van der Waals surface area contributed by atoms with Crippen molar-refractivity contribution in [2.45, 2.75) is 6.42 Å². The van der Waals surface area contributed by atoms with Gasteiger partial charge in [-0.1, -0.05) is 15.9 Å². The van der Waals surface area contributed by atoms with E-state index in [0.717, 1.165) is 10.2 Å². The zero-order valence-corrected chi connectivity index (χ0v) is 11.8. The highest BCUT2D eigenvalue weighted by atomic mass is 79.9. The first kappa shape index (κ1) is 14.0. The monoisotopic (exact) mass is 316 g/mol. The van der Waals surface area contributed by atoms with Gasteiger partial charge >= 0.3 is 0 Å². The highest BCUT2D eigenvalue weighted by molar-refractivity contribution is 9.10. The number of benzene rings is 1. The summed E-state index contributed by atoms with van der Waals surface area (Å²) in [6.07, 6.45) is 1.77. The number of nitrogens with zero attached hydrogens (tertiary/aromatic N) is 1. The lowest BCUT2D eigenvalue weighted by atomic mass is 10.2. The second-order valence-electron chi connectivity index (χ2n) is 3.75. The van der Waals surface area contributed by atoms with E-state index in [2.05, 4.69) is 27.3 Å². The van der Waals surface area contributed by atoms with Crippen molar-refractivity contribution in [2.24, 2.45) is 0 Å². The molecule has 4 nitrogen and oxygen atoms in total. The summed E-state index contributed by atoms with van der Waals surface area (Å²) in [5.41, 5.74) is 1.37.